The van der Waals surface area contributed by atoms with Gasteiger partial charge in [-0.3, -0.25) is 9.88 Å². The van der Waals surface area contributed by atoms with Gasteiger partial charge in [0.25, 0.3) is 0 Å². The molecule has 2 rings (SSSR count). The molecule has 0 amide bonds. The summed E-state index contributed by atoms with van der Waals surface area (Å²) in [7, 11) is 0. The van der Waals surface area contributed by atoms with Crippen molar-refractivity contribution >= 4 is 15.9 Å². The molecule has 1 aromatic rings. The quantitative estimate of drug-likeness (QED) is 0.888. The average Bonchev–Trinajstić information content (AvgIpc) is 2.15. The second kappa shape index (κ2) is 4.38. The Labute approximate surface area is 92.4 Å². The van der Waals surface area contributed by atoms with Crippen molar-refractivity contribution in [3.05, 3.63) is 28.5 Å². The highest BCUT2D eigenvalue weighted by Gasteiger charge is 2.26. The number of pyridine rings is 1. The van der Waals surface area contributed by atoms with E-state index < -0.39 is 0 Å². The van der Waals surface area contributed by atoms with E-state index in [1.165, 1.54) is 12.0 Å². The summed E-state index contributed by atoms with van der Waals surface area (Å²) >= 11 is 3.50. The second-order valence-corrected chi connectivity index (χ2v) is 4.47. The van der Waals surface area contributed by atoms with Crippen LogP contribution >= 0.6 is 15.9 Å². The van der Waals surface area contributed by atoms with Gasteiger partial charge in [0.1, 0.15) is 0 Å². The Bertz CT molecular complexity index is 314. The normalized spacial score (nSPS) is 22.0. The SMILES string of the molecule is NCC1CCN1Cc1ccncc1Br. The number of halogens is 1. The van der Waals surface area contributed by atoms with Gasteiger partial charge in [0.05, 0.1) is 0 Å². The molecule has 14 heavy (non-hydrogen) atoms. The average molecular weight is 256 g/mol. The molecular formula is C10H14BrN3. The molecule has 1 saturated heterocycles. The van der Waals surface area contributed by atoms with Crippen molar-refractivity contribution < 1.29 is 0 Å². The third-order valence-electron chi connectivity index (χ3n) is 2.77. The molecule has 1 aromatic heterocycles. The largest absolute Gasteiger partial charge is 0.329 e. The predicted octanol–water partition coefficient (Wildman–Crippen LogP) is 1.38. The minimum absolute atomic E-state index is 0.579. The van der Waals surface area contributed by atoms with Crippen LogP contribution < -0.4 is 5.73 Å². The van der Waals surface area contributed by atoms with Crippen LogP contribution in [0.2, 0.25) is 0 Å². The molecule has 1 fully saturated rings. The molecule has 1 unspecified atom stereocenters. The zero-order valence-corrected chi connectivity index (χ0v) is 9.57. The van der Waals surface area contributed by atoms with Gasteiger partial charge in [-0.2, -0.15) is 0 Å². The molecule has 0 bridgehead atoms. The van der Waals surface area contributed by atoms with Gasteiger partial charge < -0.3 is 5.73 Å². The smallest absolute Gasteiger partial charge is 0.0413 e. The molecule has 2 heterocycles. The molecule has 1 atom stereocenters. The third kappa shape index (κ3) is 1.97. The van der Waals surface area contributed by atoms with E-state index in [4.69, 9.17) is 5.73 Å². The number of likely N-dealkylation sites (tertiary alicyclic amines) is 1. The molecular weight excluding hydrogens is 242 g/mol. The summed E-state index contributed by atoms with van der Waals surface area (Å²) in [6.07, 6.45) is 4.91. The molecule has 0 radical (unpaired) electrons. The van der Waals surface area contributed by atoms with Crippen molar-refractivity contribution in [2.45, 2.75) is 19.0 Å². The highest BCUT2D eigenvalue weighted by molar-refractivity contribution is 9.10. The van der Waals surface area contributed by atoms with Gasteiger partial charge in [0, 0.05) is 42.5 Å². The summed E-state index contributed by atoms with van der Waals surface area (Å²) in [5, 5.41) is 0. The Morgan fingerprint density at radius 3 is 3.07 bits per heavy atom. The van der Waals surface area contributed by atoms with Gasteiger partial charge in [0.2, 0.25) is 0 Å². The monoisotopic (exact) mass is 255 g/mol. The molecule has 1 aliphatic rings. The van der Waals surface area contributed by atoms with Gasteiger partial charge in [-0.1, -0.05) is 0 Å². The van der Waals surface area contributed by atoms with Gasteiger partial charge in [-0.15, -0.1) is 0 Å². The van der Waals surface area contributed by atoms with Crippen LogP contribution in [-0.4, -0.2) is 29.0 Å². The first kappa shape index (κ1) is 10.1. The van der Waals surface area contributed by atoms with Crippen molar-refractivity contribution in [3.63, 3.8) is 0 Å². The van der Waals surface area contributed by atoms with Gasteiger partial charge in [-0.25, -0.2) is 0 Å². The van der Waals surface area contributed by atoms with E-state index in [0.717, 1.165) is 24.1 Å². The summed E-state index contributed by atoms with van der Waals surface area (Å²) in [5.74, 6) is 0. The van der Waals surface area contributed by atoms with Crippen molar-refractivity contribution in [3.8, 4) is 0 Å². The minimum atomic E-state index is 0.579. The maximum absolute atomic E-state index is 5.65. The first-order valence-corrected chi connectivity index (χ1v) is 5.63. The Hall–Kier alpha value is -0.450. The predicted molar refractivity (Wildman–Crippen MR) is 59.8 cm³/mol. The molecule has 3 nitrogen and oxygen atoms in total. The maximum Gasteiger partial charge on any atom is 0.0413 e. The highest BCUT2D eigenvalue weighted by atomic mass is 79.9. The number of hydrogen-bond acceptors (Lipinski definition) is 3. The molecule has 0 aromatic carbocycles. The van der Waals surface area contributed by atoms with Crippen LogP contribution in [0.15, 0.2) is 22.9 Å². The fourth-order valence-corrected chi connectivity index (χ4v) is 2.10. The van der Waals surface area contributed by atoms with Gasteiger partial charge in [0.15, 0.2) is 0 Å². The van der Waals surface area contributed by atoms with Crippen LogP contribution in [0.3, 0.4) is 0 Å². The van der Waals surface area contributed by atoms with Crippen LogP contribution in [0.5, 0.6) is 0 Å². The van der Waals surface area contributed by atoms with E-state index in [2.05, 4.69) is 31.9 Å². The van der Waals surface area contributed by atoms with Crippen LogP contribution in [-0.2, 0) is 6.54 Å². The zero-order valence-electron chi connectivity index (χ0n) is 7.99. The van der Waals surface area contributed by atoms with E-state index in [0.29, 0.717) is 6.04 Å². The number of rotatable bonds is 3. The summed E-state index contributed by atoms with van der Waals surface area (Å²) in [5.41, 5.74) is 6.94. The van der Waals surface area contributed by atoms with Crippen molar-refractivity contribution in [2.75, 3.05) is 13.1 Å². The Morgan fingerprint density at radius 2 is 2.50 bits per heavy atom. The lowest BCUT2D eigenvalue weighted by Gasteiger charge is -2.40. The van der Waals surface area contributed by atoms with E-state index in [9.17, 15) is 0 Å². The molecule has 4 heteroatoms. The number of aromatic nitrogens is 1. The van der Waals surface area contributed by atoms with Crippen LogP contribution in [0.4, 0.5) is 0 Å². The lowest BCUT2D eigenvalue weighted by Crippen LogP contribution is -2.50. The molecule has 76 valence electrons. The first-order valence-electron chi connectivity index (χ1n) is 4.84. The van der Waals surface area contributed by atoms with Crippen molar-refractivity contribution in [1.29, 1.82) is 0 Å². The first-order chi connectivity index (χ1) is 6.81. The summed E-state index contributed by atoms with van der Waals surface area (Å²) in [4.78, 5) is 6.45. The summed E-state index contributed by atoms with van der Waals surface area (Å²) in [6, 6.07) is 2.63. The zero-order chi connectivity index (χ0) is 9.97. The molecule has 1 aliphatic heterocycles. The van der Waals surface area contributed by atoms with Crippen LogP contribution in [0, 0.1) is 0 Å². The van der Waals surface area contributed by atoms with E-state index >= 15 is 0 Å². The Balaban J connectivity index is 2.01. The summed E-state index contributed by atoms with van der Waals surface area (Å²) < 4.78 is 1.09. The topological polar surface area (TPSA) is 42.1 Å². The standard InChI is InChI=1S/C10H14BrN3/c11-10-6-13-3-1-8(10)7-14-4-2-9(14)5-12/h1,3,6,9H,2,4-5,7,12H2. The fraction of sp³-hybridized carbons (Fsp3) is 0.500. The summed E-state index contributed by atoms with van der Waals surface area (Å²) in [6.45, 7) is 2.91. The maximum atomic E-state index is 5.65. The van der Waals surface area contributed by atoms with E-state index in [1.54, 1.807) is 0 Å². The molecule has 0 aliphatic carbocycles. The number of hydrogen-bond donors (Lipinski definition) is 1. The van der Waals surface area contributed by atoms with Crippen molar-refractivity contribution in [2.24, 2.45) is 5.73 Å². The lowest BCUT2D eigenvalue weighted by molar-refractivity contribution is 0.0879. The van der Waals surface area contributed by atoms with E-state index in [1.807, 2.05) is 12.4 Å². The Kier molecular flexibility index (Phi) is 3.15. The van der Waals surface area contributed by atoms with Gasteiger partial charge in [-0.05, 0) is 34.0 Å². The Morgan fingerprint density at radius 1 is 1.64 bits per heavy atom. The fourth-order valence-electron chi connectivity index (χ4n) is 1.72. The highest BCUT2D eigenvalue weighted by Crippen LogP contribution is 2.23. The van der Waals surface area contributed by atoms with Crippen molar-refractivity contribution in [1.82, 2.24) is 9.88 Å². The lowest BCUT2D eigenvalue weighted by atomic mass is 10.0. The van der Waals surface area contributed by atoms with Crippen LogP contribution in [0.25, 0.3) is 0 Å². The minimum Gasteiger partial charge on any atom is -0.329 e. The third-order valence-corrected chi connectivity index (χ3v) is 3.48. The molecule has 0 saturated carbocycles. The molecule has 2 N–H and O–H groups in total. The van der Waals surface area contributed by atoms with Gasteiger partial charge >= 0.3 is 0 Å². The van der Waals surface area contributed by atoms with E-state index in [-0.39, 0.29) is 0 Å². The van der Waals surface area contributed by atoms with Crippen LogP contribution in [0.1, 0.15) is 12.0 Å². The molecule has 0 spiro atoms. The number of nitrogens with zero attached hydrogens (tertiary/aromatic N) is 2. The number of nitrogens with two attached hydrogens (primary N) is 1. The second-order valence-electron chi connectivity index (χ2n) is 3.62.